The fourth-order valence-electron chi connectivity index (χ4n) is 2.62. The molecule has 6 heteroatoms. The van der Waals surface area contributed by atoms with E-state index in [9.17, 15) is 0 Å². The van der Waals surface area contributed by atoms with Gasteiger partial charge in [0.05, 0.1) is 12.8 Å². The standard InChI is InChI=1S/C19H23N3O2.HI/c1-3-20-19(21-11-10-16-8-6-12-23-16)22(2)14-17-13-15-7-4-5-9-18(15)24-17;/h4-9,12-13H,3,10-11,14H2,1-2H3,(H,20,21);1H. The van der Waals surface area contributed by atoms with Crippen LogP contribution in [0, 0.1) is 0 Å². The van der Waals surface area contributed by atoms with E-state index in [2.05, 4.69) is 34.3 Å². The molecule has 0 aliphatic rings. The number of halogens is 1. The molecule has 25 heavy (non-hydrogen) atoms. The summed E-state index contributed by atoms with van der Waals surface area (Å²) < 4.78 is 11.2. The van der Waals surface area contributed by atoms with Crippen LogP contribution in [0.1, 0.15) is 18.4 Å². The molecule has 2 heterocycles. The minimum atomic E-state index is 0. The van der Waals surface area contributed by atoms with Crippen molar-refractivity contribution in [2.24, 2.45) is 4.99 Å². The summed E-state index contributed by atoms with van der Waals surface area (Å²) in [5.74, 6) is 2.74. The Morgan fingerprint density at radius 1 is 1.16 bits per heavy atom. The zero-order chi connectivity index (χ0) is 16.8. The third-order valence-electron chi connectivity index (χ3n) is 3.77. The molecule has 3 rings (SSSR count). The molecule has 0 bridgehead atoms. The number of aliphatic imine (C=N–C) groups is 1. The van der Waals surface area contributed by atoms with Crippen molar-refractivity contribution in [2.45, 2.75) is 19.9 Å². The third-order valence-corrected chi connectivity index (χ3v) is 3.77. The predicted molar refractivity (Wildman–Crippen MR) is 111 cm³/mol. The fourth-order valence-corrected chi connectivity index (χ4v) is 2.62. The van der Waals surface area contributed by atoms with E-state index in [4.69, 9.17) is 8.83 Å². The number of nitrogens with one attached hydrogen (secondary N) is 1. The maximum Gasteiger partial charge on any atom is 0.194 e. The van der Waals surface area contributed by atoms with Crippen LogP contribution in [0.3, 0.4) is 0 Å². The molecule has 0 amide bonds. The van der Waals surface area contributed by atoms with E-state index < -0.39 is 0 Å². The number of nitrogens with zero attached hydrogens (tertiary/aromatic N) is 2. The number of benzene rings is 1. The molecule has 0 spiro atoms. The first kappa shape index (κ1) is 19.4. The Labute approximate surface area is 165 Å². The Balaban J connectivity index is 0.00000225. The smallest absolute Gasteiger partial charge is 0.194 e. The number of fused-ring (bicyclic) bond motifs is 1. The maximum atomic E-state index is 5.89. The number of furan rings is 2. The van der Waals surface area contributed by atoms with Gasteiger partial charge in [-0.1, -0.05) is 18.2 Å². The lowest BCUT2D eigenvalue weighted by molar-refractivity contribution is 0.412. The van der Waals surface area contributed by atoms with E-state index in [-0.39, 0.29) is 24.0 Å². The summed E-state index contributed by atoms with van der Waals surface area (Å²) in [5, 5.41) is 4.45. The van der Waals surface area contributed by atoms with Gasteiger partial charge in [-0.05, 0) is 31.2 Å². The minimum Gasteiger partial charge on any atom is -0.469 e. The molecule has 0 unspecified atom stereocenters. The summed E-state index contributed by atoms with van der Waals surface area (Å²) >= 11 is 0. The van der Waals surface area contributed by atoms with Crippen molar-refractivity contribution in [3.63, 3.8) is 0 Å². The number of hydrogen-bond donors (Lipinski definition) is 1. The normalized spacial score (nSPS) is 11.4. The Kier molecular flexibility index (Phi) is 7.36. The Bertz CT molecular complexity index is 763. The lowest BCUT2D eigenvalue weighted by atomic mass is 10.2. The molecule has 0 radical (unpaired) electrons. The second kappa shape index (κ2) is 9.50. The van der Waals surface area contributed by atoms with Gasteiger partial charge in [0.2, 0.25) is 0 Å². The van der Waals surface area contributed by atoms with Crippen LogP contribution in [0.2, 0.25) is 0 Å². The van der Waals surface area contributed by atoms with E-state index in [0.29, 0.717) is 13.1 Å². The first-order valence-corrected chi connectivity index (χ1v) is 8.25. The van der Waals surface area contributed by atoms with Crippen molar-refractivity contribution in [3.05, 3.63) is 60.2 Å². The van der Waals surface area contributed by atoms with Gasteiger partial charge in [-0.15, -0.1) is 24.0 Å². The Morgan fingerprint density at radius 2 is 2.00 bits per heavy atom. The van der Waals surface area contributed by atoms with Crippen LogP contribution in [-0.2, 0) is 13.0 Å². The summed E-state index contributed by atoms with van der Waals surface area (Å²) in [7, 11) is 2.02. The summed E-state index contributed by atoms with van der Waals surface area (Å²) in [4.78, 5) is 6.74. The van der Waals surface area contributed by atoms with Gasteiger partial charge in [0, 0.05) is 31.9 Å². The molecule has 0 atom stereocenters. The number of guanidine groups is 1. The number of para-hydroxylation sites is 1. The maximum absolute atomic E-state index is 5.89. The topological polar surface area (TPSA) is 53.9 Å². The second-order valence-electron chi connectivity index (χ2n) is 5.67. The first-order valence-electron chi connectivity index (χ1n) is 8.25. The van der Waals surface area contributed by atoms with Crippen molar-refractivity contribution in [1.29, 1.82) is 0 Å². The van der Waals surface area contributed by atoms with Gasteiger partial charge in [-0.25, -0.2) is 0 Å². The van der Waals surface area contributed by atoms with Crippen molar-refractivity contribution in [1.82, 2.24) is 10.2 Å². The highest BCUT2D eigenvalue weighted by Crippen LogP contribution is 2.19. The van der Waals surface area contributed by atoms with E-state index in [1.165, 1.54) is 0 Å². The van der Waals surface area contributed by atoms with Crippen molar-refractivity contribution < 1.29 is 8.83 Å². The quantitative estimate of drug-likeness (QED) is 0.344. The third kappa shape index (κ3) is 5.26. The summed E-state index contributed by atoms with van der Waals surface area (Å²) in [6.45, 7) is 4.24. The van der Waals surface area contributed by atoms with Gasteiger partial charge in [0.25, 0.3) is 0 Å². The minimum absolute atomic E-state index is 0. The second-order valence-corrected chi connectivity index (χ2v) is 5.67. The molecule has 1 N–H and O–H groups in total. The van der Waals surface area contributed by atoms with E-state index in [1.54, 1.807) is 6.26 Å². The molecule has 1 aromatic carbocycles. The molecular weight excluding hydrogens is 429 g/mol. The summed E-state index contributed by atoms with van der Waals surface area (Å²) in [6.07, 6.45) is 2.48. The number of hydrogen-bond acceptors (Lipinski definition) is 3. The molecule has 0 saturated heterocycles. The van der Waals surface area contributed by atoms with Gasteiger partial charge in [-0.2, -0.15) is 0 Å². The zero-order valence-electron chi connectivity index (χ0n) is 14.6. The predicted octanol–water partition coefficient (Wildman–Crippen LogP) is 4.28. The van der Waals surface area contributed by atoms with Gasteiger partial charge in [0.15, 0.2) is 5.96 Å². The summed E-state index contributed by atoms with van der Waals surface area (Å²) in [6, 6.07) is 14.0. The van der Waals surface area contributed by atoms with Gasteiger partial charge in [0.1, 0.15) is 17.1 Å². The van der Waals surface area contributed by atoms with Crippen LogP contribution in [0.25, 0.3) is 11.0 Å². The Morgan fingerprint density at radius 3 is 2.72 bits per heavy atom. The molecular formula is C19H24IN3O2. The lowest BCUT2D eigenvalue weighted by Crippen LogP contribution is -2.38. The van der Waals surface area contributed by atoms with Crippen molar-refractivity contribution in [3.8, 4) is 0 Å². The average Bonchev–Trinajstić information content (AvgIpc) is 3.22. The van der Waals surface area contributed by atoms with Crippen LogP contribution >= 0.6 is 24.0 Å². The van der Waals surface area contributed by atoms with Gasteiger partial charge >= 0.3 is 0 Å². The molecule has 2 aromatic heterocycles. The average molecular weight is 453 g/mol. The van der Waals surface area contributed by atoms with Crippen LogP contribution in [0.15, 0.2) is 62.6 Å². The van der Waals surface area contributed by atoms with Gasteiger partial charge < -0.3 is 19.1 Å². The Hall–Kier alpha value is -1.96. The van der Waals surface area contributed by atoms with Crippen LogP contribution in [0.4, 0.5) is 0 Å². The molecule has 134 valence electrons. The van der Waals surface area contributed by atoms with Gasteiger partial charge in [-0.3, -0.25) is 4.99 Å². The van der Waals surface area contributed by atoms with E-state index >= 15 is 0 Å². The highest BCUT2D eigenvalue weighted by atomic mass is 127. The fraction of sp³-hybridized carbons (Fsp3) is 0.316. The van der Waals surface area contributed by atoms with Crippen LogP contribution < -0.4 is 5.32 Å². The largest absolute Gasteiger partial charge is 0.469 e. The number of rotatable bonds is 6. The molecule has 0 saturated carbocycles. The van der Waals surface area contributed by atoms with Crippen molar-refractivity contribution in [2.75, 3.05) is 20.1 Å². The highest BCUT2D eigenvalue weighted by Gasteiger charge is 2.10. The SMILES string of the molecule is CCNC(=NCCc1ccco1)N(C)Cc1cc2ccccc2o1.I. The van der Waals surface area contributed by atoms with E-state index in [1.807, 2.05) is 37.4 Å². The summed E-state index contributed by atoms with van der Waals surface area (Å²) in [5.41, 5.74) is 0.917. The first-order chi connectivity index (χ1) is 11.8. The van der Waals surface area contributed by atoms with Crippen molar-refractivity contribution >= 4 is 40.9 Å². The molecule has 3 aromatic rings. The van der Waals surface area contributed by atoms with Crippen LogP contribution in [0.5, 0.6) is 0 Å². The zero-order valence-corrected chi connectivity index (χ0v) is 16.9. The monoisotopic (exact) mass is 453 g/mol. The molecule has 0 aliphatic heterocycles. The molecule has 0 aliphatic carbocycles. The van der Waals surface area contributed by atoms with E-state index in [0.717, 1.165) is 41.4 Å². The van der Waals surface area contributed by atoms with Crippen LogP contribution in [-0.4, -0.2) is 31.0 Å². The molecule has 0 fully saturated rings. The molecule has 5 nitrogen and oxygen atoms in total. The lowest BCUT2D eigenvalue weighted by Gasteiger charge is -2.20. The highest BCUT2D eigenvalue weighted by molar-refractivity contribution is 14.0.